The summed E-state index contributed by atoms with van der Waals surface area (Å²) in [6, 6.07) is 3.26. The highest BCUT2D eigenvalue weighted by Crippen LogP contribution is 2.28. The van der Waals surface area contributed by atoms with Gasteiger partial charge in [-0.05, 0) is 28.1 Å². The van der Waals surface area contributed by atoms with E-state index in [9.17, 15) is 18.5 Å². The first-order valence-electron chi connectivity index (χ1n) is 4.97. The van der Waals surface area contributed by atoms with Crippen molar-refractivity contribution in [3.8, 4) is 0 Å². The first-order valence-corrected chi connectivity index (χ1v) is 8.07. The molecule has 2 rings (SSSR count). The van der Waals surface area contributed by atoms with E-state index in [1.54, 1.807) is 0 Å². The molecular weight excluding hydrogens is 372 g/mol. The van der Waals surface area contributed by atoms with Crippen LogP contribution in [0.5, 0.6) is 0 Å². The fourth-order valence-corrected chi connectivity index (χ4v) is 3.69. The molecule has 8 nitrogen and oxygen atoms in total. The molecule has 11 heteroatoms. The smallest absolute Gasteiger partial charge is 0.293 e. The van der Waals surface area contributed by atoms with Gasteiger partial charge in [0.2, 0.25) is 0 Å². The molecule has 0 fully saturated rings. The monoisotopic (exact) mass is 378 g/mol. The molecule has 0 amide bonds. The van der Waals surface area contributed by atoms with Gasteiger partial charge in [0.25, 0.3) is 15.7 Å². The molecule has 2 aromatic rings. The summed E-state index contributed by atoms with van der Waals surface area (Å²) in [7, 11) is -3.96. The Balaban J connectivity index is 2.39. The van der Waals surface area contributed by atoms with E-state index < -0.39 is 20.6 Å². The Morgan fingerprint density at radius 3 is 2.70 bits per heavy atom. The van der Waals surface area contributed by atoms with E-state index in [2.05, 4.69) is 25.6 Å². The number of nitro groups is 1. The van der Waals surface area contributed by atoms with Crippen molar-refractivity contribution in [1.29, 1.82) is 0 Å². The highest BCUT2D eigenvalue weighted by molar-refractivity contribution is 9.11. The molecule has 0 saturated carbocycles. The molecule has 0 atom stereocenters. The average molecular weight is 379 g/mol. The van der Waals surface area contributed by atoms with Crippen LogP contribution in [-0.2, 0) is 10.0 Å². The molecule has 0 unspecified atom stereocenters. The standard InChI is InChI=1S/C9H7BrN4O4S2/c10-8-4-12-9(19-8)13-20(17,18)5-1-2-6(11)7(3-5)14(15)16/h1-4H,11H2,(H,12,13). The number of halogens is 1. The SMILES string of the molecule is Nc1ccc(S(=O)(=O)Nc2ncc(Br)s2)cc1[N+](=O)[O-]. The van der Waals surface area contributed by atoms with Crippen molar-refractivity contribution in [2.75, 3.05) is 10.5 Å². The lowest BCUT2D eigenvalue weighted by atomic mass is 10.3. The number of anilines is 2. The predicted molar refractivity (Wildman–Crippen MR) is 78.1 cm³/mol. The van der Waals surface area contributed by atoms with E-state index in [0.717, 1.165) is 17.4 Å². The molecule has 0 aliphatic carbocycles. The van der Waals surface area contributed by atoms with Crippen molar-refractivity contribution in [2.45, 2.75) is 4.90 Å². The summed E-state index contributed by atoms with van der Waals surface area (Å²) in [6.45, 7) is 0. The third-order valence-electron chi connectivity index (χ3n) is 2.21. The summed E-state index contributed by atoms with van der Waals surface area (Å²) < 4.78 is 27.0. The molecule has 0 radical (unpaired) electrons. The lowest BCUT2D eigenvalue weighted by molar-refractivity contribution is -0.384. The zero-order valence-electron chi connectivity index (χ0n) is 9.61. The van der Waals surface area contributed by atoms with Gasteiger partial charge in [-0.2, -0.15) is 0 Å². The summed E-state index contributed by atoms with van der Waals surface area (Å²) in [4.78, 5) is 13.6. The highest BCUT2D eigenvalue weighted by Gasteiger charge is 2.21. The number of rotatable bonds is 4. The van der Waals surface area contributed by atoms with Gasteiger partial charge in [-0.25, -0.2) is 13.4 Å². The van der Waals surface area contributed by atoms with Crippen molar-refractivity contribution >= 4 is 53.8 Å². The third kappa shape index (κ3) is 3.05. The first-order chi connectivity index (χ1) is 9.29. The molecule has 20 heavy (non-hydrogen) atoms. The minimum absolute atomic E-state index is 0.106. The Morgan fingerprint density at radius 1 is 1.45 bits per heavy atom. The van der Waals surface area contributed by atoms with Crippen LogP contribution in [0, 0.1) is 10.1 Å². The molecular formula is C9H7BrN4O4S2. The maximum Gasteiger partial charge on any atom is 0.293 e. The number of nitrogens with two attached hydrogens (primary N) is 1. The fourth-order valence-electron chi connectivity index (χ4n) is 1.32. The van der Waals surface area contributed by atoms with E-state index in [1.807, 2.05) is 0 Å². The zero-order chi connectivity index (χ0) is 14.9. The van der Waals surface area contributed by atoms with E-state index in [0.29, 0.717) is 3.79 Å². The van der Waals surface area contributed by atoms with Gasteiger partial charge in [0.1, 0.15) is 5.69 Å². The predicted octanol–water partition coefficient (Wildman–Crippen LogP) is 2.20. The van der Waals surface area contributed by atoms with Crippen LogP contribution in [0.1, 0.15) is 0 Å². The van der Waals surface area contributed by atoms with Gasteiger partial charge < -0.3 is 5.73 Å². The molecule has 1 aromatic heterocycles. The maximum atomic E-state index is 12.1. The molecule has 106 valence electrons. The van der Waals surface area contributed by atoms with Crippen LogP contribution >= 0.6 is 27.3 Å². The molecule has 3 N–H and O–H groups in total. The first kappa shape index (κ1) is 14.7. The Morgan fingerprint density at radius 2 is 2.15 bits per heavy atom. The number of aromatic nitrogens is 1. The minimum atomic E-state index is -3.96. The summed E-state index contributed by atoms with van der Waals surface area (Å²) in [6.07, 6.45) is 1.44. The summed E-state index contributed by atoms with van der Waals surface area (Å²) in [5, 5.41) is 10.9. The van der Waals surface area contributed by atoms with Crippen LogP contribution in [0.4, 0.5) is 16.5 Å². The average Bonchev–Trinajstić information content (AvgIpc) is 2.73. The van der Waals surface area contributed by atoms with Crippen molar-refractivity contribution < 1.29 is 13.3 Å². The fraction of sp³-hybridized carbons (Fsp3) is 0. The van der Waals surface area contributed by atoms with E-state index in [4.69, 9.17) is 5.73 Å². The van der Waals surface area contributed by atoms with Crippen LogP contribution in [-0.4, -0.2) is 18.3 Å². The number of nitrogens with zero attached hydrogens (tertiary/aromatic N) is 2. The van der Waals surface area contributed by atoms with Crippen molar-refractivity contribution in [3.63, 3.8) is 0 Å². The normalized spacial score (nSPS) is 11.2. The van der Waals surface area contributed by atoms with E-state index >= 15 is 0 Å². The molecule has 1 aromatic carbocycles. The number of sulfonamides is 1. The quantitative estimate of drug-likeness (QED) is 0.476. The van der Waals surface area contributed by atoms with Crippen LogP contribution in [0.15, 0.2) is 33.1 Å². The summed E-state index contributed by atoms with van der Waals surface area (Å²) in [5.41, 5.74) is 4.85. The van der Waals surface area contributed by atoms with Gasteiger partial charge in [-0.1, -0.05) is 11.3 Å². The van der Waals surface area contributed by atoms with Crippen molar-refractivity contribution in [3.05, 3.63) is 38.3 Å². The van der Waals surface area contributed by atoms with Gasteiger partial charge in [0.15, 0.2) is 5.13 Å². The second kappa shape index (κ2) is 5.34. The zero-order valence-corrected chi connectivity index (χ0v) is 12.8. The molecule has 0 bridgehead atoms. The number of benzene rings is 1. The van der Waals surface area contributed by atoms with Crippen LogP contribution < -0.4 is 10.5 Å². The Labute approximate surface area is 126 Å². The Hall–Kier alpha value is -1.72. The van der Waals surface area contributed by atoms with E-state index in [-0.39, 0.29) is 15.7 Å². The van der Waals surface area contributed by atoms with E-state index in [1.165, 1.54) is 18.3 Å². The van der Waals surface area contributed by atoms with Gasteiger partial charge >= 0.3 is 0 Å². The molecule has 0 spiro atoms. The molecule has 1 heterocycles. The lowest BCUT2D eigenvalue weighted by Gasteiger charge is -2.05. The van der Waals surface area contributed by atoms with Gasteiger partial charge in [0, 0.05) is 6.07 Å². The molecule has 0 aliphatic rings. The number of nitrogen functional groups attached to an aromatic ring is 1. The van der Waals surface area contributed by atoms with Crippen molar-refractivity contribution in [1.82, 2.24) is 4.98 Å². The van der Waals surface area contributed by atoms with Gasteiger partial charge in [-0.15, -0.1) is 0 Å². The van der Waals surface area contributed by atoms with Gasteiger partial charge in [-0.3, -0.25) is 14.8 Å². The number of nitro benzene ring substituents is 1. The Kier molecular flexibility index (Phi) is 3.92. The summed E-state index contributed by atoms with van der Waals surface area (Å²) >= 11 is 4.23. The number of thiazole rings is 1. The van der Waals surface area contributed by atoms with Crippen LogP contribution in [0.3, 0.4) is 0 Å². The van der Waals surface area contributed by atoms with Crippen LogP contribution in [0.2, 0.25) is 0 Å². The molecule has 0 aliphatic heterocycles. The topological polar surface area (TPSA) is 128 Å². The number of hydrogen-bond acceptors (Lipinski definition) is 7. The van der Waals surface area contributed by atoms with Crippen molar-refractivity contribution in [2.24, 2.45) is 0 Å². The second-order valence-corrected chi connectivity index (χ2v) is 7.65. The third-order valence-corrected chi connectivity index (χ3v) is 5.07. The summed E-state index contributed by atoms with van der Waals surface area (Å²) in [5.74, 6) is 0. The molecule has 0 saturated heterocycles. The number of hydrogen-bond donors (Lipinski definition) is 2. The number of nitrogens with one attached hydrogen (secondary N) is 1. The maximum absolute atomic E-state index is 12.1. The van der Waals surface area contributed by atoms with Gasteiger partial charge in [0.05, 0.1) is 19.8 Å². The van der Waals surface area contributed by atoms with Crippen LogP contribution in [0.25, 0.3) is 0 Å². The highest BCUT2D eigenvalue weighted by atomic mass is 79.9. The second-order valence-electron chi connectivity index (χ2n) is 3.55. The largest absolute Gasteiger partial charge is 0.393 e. The minimum Gasteiger partial charge on any atom is -0.393 e. The lowest BCUT2D eigenvalue weighted by Crippen LogP contribution is -2.13. The Bertz CT molecular complexity index is 774.